The molecule has 0 spiro atoms. The van der Waals surface area contributed by atoms with Crippen LogP contribution in [0.15, 0.2) is 35.8 Å². The second-order valence-electron chi connectivity index (χ2n) is 4.90. The van der Waals surface area contributed by atoms with Crippen LogP contribution in [0.25, 0.3) is 0 Å². The summed E-state index contributed by atoms with van der Waals surface area (Å²) in [4.78, 5) is 4.16. The van der Waals surface area contributed by atoms with Crippen molar-refractivity contribution >= 4 is 29.9 Å². The van der Waals surface area contributed by atoms with Crippen molar-refractivity contribution in [3.63, 3.8) is 0 Å². The molecule has 0 aliphatic rings. The zero-order chi connectivity index (χ0) is 16.2. The molecule has 0 aromatic heterocycles. The van der Waals surface area contributed by atoms with Crippen molar-refractivity contribution in [3.8, 4) is 5.75 Å². The molecule has 0 radical (unpaired) electrons. The Morgan fingerprint density at radius 3 is 2.74 bits per heavy atom. The van der Waals surface area contributed by atoms with E-state index in [0.29, 0.717) is 26.3 Å². The molecule has 0 heterocycles. The summed E-state index contributed by atoms with van der Waals surface area (Å²) in [5.74, 6) is 1.65. The molecule has 0 fully saturated rings. The molecule has 0 aliphatic carbocycles. The van der Waals surface area contributed by atoms with Gasteiger partial charge in [-0.25, -0.2) is 0 Å². The minimum Gasteiger partial charge on any atom is -0.493 e. The molecule has 6 heteroatoms. The van der Waals surface area contributed by atoms with Crippen LogP contribution in [-0.2, 0) is 11.3 Å². The monoisotopic (exact) mass is 433 g/mol. The summed E-state index contributed by atoms with van der Waals surface area (Å²) in [7, 11) is 3.44. The average Bonchev–Trinajstić information content (AvgIpc) is 2.53. The molecule has 1 rings (SSSR count). The summed E-state index contributed by atoms with van der Waals surface area (Å²) in [6.45, 7) is 8.42. The van der Waals surface area contributed by atoms with Crippen LogP contribution in [0.2, 0.25) is 0 Å². The number of aryl methyl sites for hydroxylation is 1. The largest absolute Gasteiger partial charge is 0.493 e. The minimum atomic E-state index is 0. The van der Waals surface area contributed by atoms with Gasteiger partial charge < -0.3 is 20.1 Å². The third kappa shape index (κ3) is 8.80. The van der Waals surface area contributed by atoms with Crippen molar-refractivity contribution in [1.82, 2.24) is 10.6 Å². The van der Waals surface area contributed by atoms with Crippen LogP contribution in [0.5, 0.6) is 5.75 Å². The van der Waals surface area contributed by atoms with E-state index in [2.05, 4.69) is 47.3 Å². The molecule has 0 atom stereocenters. The number of benzene rings is 1. The Labute approximate surface area is 156 Å². The maximum absolute atomic E-state index is 5.87. The van der Waals surface area contributed by atoms with E-state index in [-0.39, 0.29) is 24.0 Å². The molecular formula is C17H28IN3O2. The summed E-state index contributed by atoms with van der Waals surface area (Å²) in [6.07, 6.45) is 2.67. The summed E-state index contributed by atoms with van der Waals surface area (Å²) in [5.41, 5.74) is 2.28. The van der Waals surface area contributed by atoms with Gasteiger partial charge >= 0.3 is 0 Å². The predicted molar refractivity (Wildman–Crippen MR) is 107 cm³/mol. The van der Waals surface area contributed by atoms with Crippen LogP contribution in [0.1, 0.15) is 17.5 Å². The molecule has 1 aromatic carbocycles. The van der Waals surface area contributed by atoms with Gasteiger partial charge in [0.15, 0.2) is 5.96 Å². The Bertz CT molecular complexity index is 493. The van der Waals surface area contributed by atoms with Gasteiger partial charge in [0.2, 0.25) is 0 Å². The average molecular weight is 433 g/mol. The predicted octanol–water partition coefficient (Wildman–Crippen LogP) is 2.88. The first kappa shape index (κ1) is 21.7. The van der Waals surface area contributed by atoms with Gasteiger partial charge in [0.25, 0.3) is 0 Å². The highest BCUT2D eigenvalue weighted by Crippen LogP contribution is 2.20. The third-order valence-corrected chi connectivity index (χ3v) is 3.06. The Hall–Kier alpha value is -1.28. The van der Waals surface area contributed by atoms with Crippen molar-refractivity contribution in [2.24, 2.45) is 4.99 Å². The van der Waals surface area contributed by atoms with E-state index in [1.165, 1.54) is 5.56 Å². The lowest BCUT2D eigenvalue weighted by Crippen LogP contribution is -2.36. The second-order valence-corrected chi connectivity index (χ2v) is 4.90. The molecular weight excluding hydrogens is 405 g/mol. The molecule has 0 amide bonds. The first-order chi connectivity index (χ1) is 10.7. The molecule has 0 unspecified atom stereocenters. The summed E-state index contributed by atoms with van der Waals surface area (Å²) in [5, 5.41) is 6.41. The van der Waals surface area contributed by atoms with Crippen molar-refractivity contribution in [1.29, 1.82) is 0 Å². The van der Waals surface area contributed by atoms with Gasteiger partial charge in [0.1, 0.15) is 5.75 Å². The van der Waals surface area contributed by atoms with Gasteiger partial charge in [-0.1, -0.05) is 18.2 Å². The fourth-order valence-corrected chi connectivity index (χ4v) is 1.90. The lowest BCUT2D eigenvalue weighted by atomic mass is 10.1. The zero-order valence-electron chi connectivity index (χ0n) is 14.2. The lowest BCUT2D eigenvalue weighted by Gasteiger charge is -2.15. The van der Waals surface area contributed by atoms with Crippen molar-refractivity contribution in [3.05, 3.63) is 42.0 Å². The SMILES string of the molecule is C=CCNC(=NC)NCc1ccc(C)cc1OCCCOC.I. The fourth-order valence-electron chi connectivity index (χ4n) is 1.90. The number of rotatable bonds is 9. The fraction of sp³-hybridized carbons (Fsp3) is 0.471. The maximum atomic E-state index is 5.87. The Morgan fingerprint density at radius 2 is 2.09 bits per heavy atom. The first-order valence-electron chi connectivity index (χ1n) is 7.48. The van der Waals surface area contributed by atoms with Gasteiger partial charge in [-0.15, -0.1) is 30.6 Å². The van der Waals surface area contributed by atoms with E-state index in [4.69, 9.17) is 9.47 Å². The molecule has 0 bridgehead atoms. The highest BCUT2D eigenvalue weighted by molar-refractivity contribution is 14.0. The van der Waals surface area contributed by atoms with Crippen LogP contribution in [0, 0.1) is 6.92 Å². The molecule has 0 saturated carbocycles. The molecule has 2 N–H and O–H groups in total. The van der Waals surface area contributed by atoms with Crippen LogP contribution in [0.4, 0.5) is 0 Å². The number of methoxy groups -OCH3 is 1. The number of hydrogen-bond acceptors (Lipinski definition) is 3. The maximum Gasteiger partial charge on any atom is 0.191 e. The first-order valence-corrected chi connectivity index (χ1v) is 7.48. The Morgan fingerprint density at radius 1 is 1.30 bits per heavy atom. The van der Waals surface area contributed by atoms with E-state index >= 15 is 0 Å². The van der Waals surface area contributed by atoms with Gasteiger partial charge in [-0.3, -0.25) is 4.99 Å². The number of nitrogens with one attached hydrogen (secondary N) is 2. The number of nitrogens with zero attached hydrogens (tertiary/aromatic N) is 1. The quantitative estimate of drug-likeness (QED) is 0.207. The van der Waals surface area contributed by atoms with Gasteiger partial charge in [0, 0.05) is 45.8 Å². The van der Waals surface area contributed by atoms with Crippen molar-refractivity contribution < 1.29 is 9.47 Å². The van der Waals surface area contributed by atoms with Crippen LogP contribution >= 0.6 is 24.0 Å². The standard InChI is InChI=1S/C17H27N3O2.HI/c1-5-9-19-17(18-3)20-13-15-8-7-14(2)12-16(15)22-11-6-10-21-4;/h5,7-8,12H,1,6,9-11,13H2,2-4H3,(H2,18,19,20);1H. The van der Waals surface area contributed by atoms with E-state index in [1.54, 1.807) is 20.2 Å². The smallest absolute Gasteiger partial charge is 0.191 e. The van der Waals surface area contributed by atoms with E-state index < -0.39 is 0 Å². The summed E-state index contributed by atoms with van der Waals surface area (Å²) in [6, 6.07) is 6.22. The van der Waals surface area contributed by atoms with Crippen LogP contribution < -0.4 is 15.4 Å². The van der Waals surface area contributed by atoms with Gasteiger partial charge in [-0.2, -0.15) is 0 Å². The lowest BCUT2D eigenvalue weighted by molar-refractivity contribution is 0.172. The molecule has 23 heavy (non-hydrogen) atoms. The van der Waals surface area contributed by atoms with E-state index in [9.17, 15) is 0 Å². The molecule has 0 aliphatic heterocycles. The normalized spacial score (nSPS) is 10.7. The number of aliphatic imine (C=N–C) groups is 1. The molecule has 130 valence electrons. The molecule has 1 aromatic rings. The minimum absolute atomic E-state index is 0. The number of halogens is 1. The number of hydrogen-bond donors (Lipinski definition) is 2. The molecule has 0 saturated heterocycles. The molecule has 5 nitrogen and oxygen atoms in total. The van der Waals surface area contributed by atoms with Crippen LogP contribution in [-0.4, -0.2) is 39.9 Å². The van der Waals surface area contributed by atoms with E-state index in [0.717, 1.165) is 23.7 Å². The summed E-state index contributed by atoms with van der Waals surface area (Å²) >= 11 is 0. The number of guanidine groups is 1. The Kier molecular flexibility index (Phi) is 12.5. The van der Waals surface area contributed by atoms with Gasteiger partial charge in [0.05, 0.1) is 6.61 Å². The van der Waals surface area contributed by atoms with E-state index in [1.807, 2.05) is 0 Å². The Balaban J connectivity index is 0.00000484. The zero-order valence-corrected chi connectivity index (χ0v) is 16.6. The third-order valence-electron chi connectivity index (χ3n) is 3.06. The second kappa shape index (κ2) is 13.2. The highest BCUT2D eigenvalue weighted by atomic mass is 127. The number of ether oxygens (including phenoxy) is 2. The highest BCUT2D eigenvalue weighted by Gasteiger charge is 2.05. The van der Waals surface area contributed by atoms with Crippen molar-refractivity contribution in [2.45, 2.75) is 19.9 Å². The van der Waals surface area contributed by atoms with Crippen LogP contribution in [0.3, 0.4) is 0 Å². The summed E-state index contributed by atoms with van der Waals surface area (Å²) < 4.78 is 10.9. The van der Waals surface area contributed by atoms with Crippen molar-refractivity contribution in [2.75, 3.05) is 33.9 Å². The van der Waals surface area contributed by atoms with Gasteiger partial charge in [-0.05, 0) is 18.6 Å². The topological polar surface area (TPSA) is 54.9 Å².